The van der Waals surface area contributed by atoms with Gasteiger partial charge in [0.05, 0.1) is 12.1 Å². The van der Waals surface area contributed by atoms with Crippen LogP contribution in [0.15, 0.2) is 10.5 Å². The Morgan fingerprint density at radius 2 is 1.70 bits per heavy atom. The van der Waals surface area contributed by atoms with Gasteiger partial charge in [0, 0.05) is 19.3 Å². The van der Waals surface area contributed by atoms with Crippen molar-refractivity contribution in [2.45, 2.75) is 84.0 Å². The molecule has 0 amide bonds. The molecule has 0 unspecified atom stereocenters. The van der Waals surface area contributed by atoms with Crippen molar-refractivity contribution in [2.24, 2.45) is 0 Å². The van der Waals surface area contributed by atoms with Crippen LogP contribution in [-0.2, 0) is 22.4 Å². The van der Waals surface area contributed by atoms with Gasteiger partial charge >= 0.3 is 5.97 Å². The highest BCUT2D eigenvalue weighted by molar-refractivity contribution is 6.31. The average molecular weight is 343 g/mol. The van der Waals surface area contributed by atoms with Gasteiger partial charge < -0.3 is 9.15 Å². The van der Waals surface area contributed by atoms with Crippen LogP contribution in [0, 0.1) is 0 Å². The number of unbranched alkanes of at least 4 members (excludes halogenated alkanes) is 7. The summed E-state index contributed by atoms with van der Waals surface area (Å²) in [6.07, 6.45) is 12.8. The number of carbonyl (C=O) groups excluding carboxylic acids is 1. The molecule has 0 spiro atoms. The van der Waals surface area contributed by atoms with Gasteiger partial charge in [-0.1, -0.05) is 57.0 Å². The van der Waals surface area contributed by atoms with Crippen LogP contribution in [0.1, 0.15) is 82.7 Å². The number of ether oxygens (including phenoxy) is 1. The fourth-order valence-electron chi connectivity index (χ4n) is 2.67. The van der Waals surface area contributed by atoms with Gasteiger partial charge in [0.25, 0.3) is 0 Å². The molecular formula is C19H31ClO3. The van der Waals surface area contributed by atoms with Crippen molar-refractivity contribution >= 4 is 17.6 Å². The van der Waals surface area contributed by atoms with Crippen LogP contribution in [0.4, 0.5) is 0 Å². The lowest BCUT2D eigenvalue weighted by atomic mass is 10.1. The molecular weight excluding hydrogens is 312 g/mol. The van der Waals surface area contributed by atoms with Gasteiger partial charge in [-0.05, 0) is 25.3 Å². The Morgan fingerprint density at radius 1 is 1.04 bits per heavy atom. The molecule has 23 heavy (non-hydrogen) atoms. The van der Waals surface area contributed by atoms with Gasteiger partial charge in [-0.2, -0.15) is 0 Å². The molecule has 132 valence electrons. The lowest BCUT2D eigenvalue weighted by molar-refractivity contribution is -0.140. The number of halogens is 1. The van der Waals surface area contributed by atoms with E-state index < -0.39 is 0 Å². The first-order valence-corrected chi connectivity index (χ1v) is 9.39. The molecule has 0 bridgehead atoms. The molecule has 1 aromatic rings. The predicted octanol–water partition coefficient (Wildman–Crippen LogP) is 6.11. The maximum Gasteiger partial charge on any atom is 0.305 e. The molecule has 0 aliphatic carbocycles. The van der Waals surface area contributed by atoms with Crippen molar-refractivity contribution < 1.29 is 13.9 Å². The third-order valence-electron chi connectivity index (χ3n) is 4.10. The maximum atomic E-state index is 11.0. The molecule has 0 saturated heterocycles. The molecule has 1 aromatic heterocycles. The summed E-state index contributed by atoms with van der Waals surface area (Å²) in [5, 5.41) is 0.787. The number of carbonyl (C=O) groups is 1. The second kappa shape index (κ2) is 12.5. The largest absolute Gasteiger partial charge is 0.469 e. The van der Waals surface area contributed by atoms with Gasteiger partial charge in [-0.3, -0.25) is 4.79 Å². The summed E-state index contributed by atoms with van der Waals surface area (Å²) in [4.78, 5) is 11.0. The number of furan rings is 1. The van der Waals surface area contributed by atoms with Crippen molar-refractivity contribution in [1.82, 2.24) is 0 Å². The van der Waals surface area contributed by atoms with Crippen molar-refractivity contribution in [1.29, 1.82) is 0 Å². The number of methoxy groups -OCH3 is 1. The van der Waals surface area contributed by atoms with Crippen LogP contribution < -0.4 is 0 Å². The Kier molecular flexibility index (Phi) is 10.9. The fraction of sp³-hybridized carbons (Fsp3) is 0.737. The molecule has 3 nitrogen and oxygen atoms in total. The second-order valence-electron chi connectivity index (χ2n) is 6.14. The van der Waals surface area contributed by atoms with E-state index >= 15 is 0 Å². The summed E-state index contributed by atoms with van der Waals surface area (Å²) in [6.45, 7) is 2.22. The Bertz CT molecular complexity index is 440. The molecule has 1 rings (SSSR count). The van der Waals surface area contributed by atoms with E-state index in [1.807, 2.05) is 6.07 Å². The van der Waals surface area contributed by atoms with Crippen molar-refractivity contribution in [2.75, 3.05) is 7.11 Å². The highest BCUT2D eigenvalue weighted by Gasteiger charge is 2.09. The van der Waals surface area contributed by atoms with Crippen molar-refractivity contribution in [3.05, 3.63) is 22.6 Å². The van der Waals surface area contributed by atoms with Crippen molar-refractivity contribution in [3.8, 4) is 0 Å². The quantitative estimate of drug-likeness (QED) is 0.320. The summed E-state index contributed by atoms with van der Waals surface area (Å²) < 4.78 is 10.5. The van der Waals surface area contributed by atoms with Gasteiger partial charge in [0.1, 0.15) is 11.5 Å². The average Bonchev–Trinajstić information content (AvgIpc) is 2.90. The van der Waals surface area contributed by atoms with E-state index in [1.54, 1.807) is 0 Å². The zero-order valence-corrected chi connectivity index (χ0v) is 15.4. The monoisotopic (exact) mass is 342 g/mol. The molecule has 0 aliphatic rings. The van der Waals surface area contributed by atoms with Gasteiger partial charge in [-0.25, -0.2) is 0 Å². The molecule has 0 radical (unpaired) electrons. The van der Waals surface area contributed by atoms with Crippen LogP contribution >= 0.6 is 11.6 Å². The maximum absolute atomic E-state index is 11.0. The summed E-state index contributed by atoms with van der Waals surface area (Å²) >= 11 is 6.24. The standard InChI is InChI=1S/C19H31ClO3/c1-3-4-5-10-13-18-17(20)15-16(23-18)12-9-7-6-8-11-14-19(21)22-2/h15H,3-14H2,1-2H3. The zero-order valence-electron chi connectivity index (χ0n) is 14.7. The predicted molar refractivity (Wildman–Crippen MR) is 95.0 cm³/mol. The molecule has 0 N–H and O–H groups in total. The first-order valence-electron chi connectivity index (χ1n) is 9.01. The molecule has 0 aliphatic heterocycles. The van der Waals surface area contributed by atoms with Crippen LogP contribution in [0.25, 0.3) is 0 Å². The minimum absolute atomic E-state index is 0.110. The highest BCUT2D eigenvalue weighted by Crippen LogP contribution is 2.24. The highest BCUT2D eigenvalue weighted by atomic mass is 35.5. The first-order chi connectivity index (χ1) is 11.2. The van der Waals surface area contributed by atoms with Gasteiger partial charge in [0.2, 0.25) is 0 Å². The number of hydrogen-bond acceptors (Lipinski definition) is 3. The number of esters is 1. The van der Waals surface area contributed by atoms with E-state index in [2.05, 4.69) is 11.7 Å². The van der Waals surface area contributed by atoms with Crippen LogP contribution in [0.5, 0.6) is 0 Å². The van der Waals surface area contributed by atoms with Gasteiger partial charge in [0.15, 0.2) is 0 Å². The first kappa shape index (κ1) is 20.1. The summed E-state index contributed by atoms with van der Waals surface area (Å²) in [5.74, 6) is 1.85. The van der Waals surface area contributed by atoms with Crippen LogP contribution in [0.3, 0.4) is 0 Å². The molecule has 0 aromatic carbocycles. The third kappa shape index (κ3) is 9.04. The molecule has 0 fully saturated rings. The zero-order chi connectivity index (χ0) is 16.9. The second-order valence-corrected chi connectivity index (χ2v) is 6.55. The molecule has 0 atom stereocenters. The van der Waals surface area contributed by atoms with Gasteiger partial charge in [-0.15, -0.1) is 0 Å². The topological polar surface area (TPSA) is 39.4 Å². The van der Waals surface area contributed by atoms with Crippen molar-refractivity contribution in [3.63, 3.8) is 0 Å². The number of aryl methyl sites for hydroxylation is 2. The molecule has 1 heterocycles. The van der Waals surface area contributed by atoms with E-state index in [9.17, 15) is 4.79 Å². The lowest BCUT2D eigenvalue weighted by Crippen LogP contribution is -1.99. The summed E-state index contributed by atoms with van der Waals surface area (Å²) in [6, 6.07) is 1.98. The minimum atomic E-state index is -0.110. The lowest BCUT2D eigenvalue weighted by Gasteiger charge is -2.01. The molecule has 0 saturated carbocycles. The number of hydrogen-bond donors (Lipinski definition) is 0. The smallest absolute Gasteiger partial charge is 0.305 e. The Hall–Kier alpha value is -0.960. The van der Waals surface area contributed by atoms with E-state index in [1.165, 1.54) is 26.4 Å². The Balaban J connectivity index is 2.12. The van der Waals surface area contributed by atoms with E-state index in [4.69, 9.17) is 16.0 Å². The summed E-state index contributed by atoms with van der Waals surface area (Å²) in [7, 11) is 1.44. The molecule has 4 heteroatoms. The normalized spacial score (nSPS) is 10.9. The van der Waals surface area contributed by atoms with E-state index in [0.29, 0.717) is 6.42 Å². The third-order valence-corrected chi connectivity index (χ3v) is 4.42. The van der Waals surface area contributed by atoms with Crippen LogP contribution in [-0.4, -0.2) is 13.1 Å². The van der Waals surface area contributed by atoms with E-state index in [-0.39, 0.29) is 5.97 Å². The van der Waals surface area contributed by atoms with E-state index in [0.717, 1.165) is 67.9 Å². The Morgan fingerprint density at radius 3 is 2.43 bits per heavy atom. The summed E-state index contributed by atoms with van der Waals surface area (Å²) in [5.41, 5.74) is 0. The number of rotatable bonds is 13. The fourth-order valence-corrected chi connectivity index (χ4v) is 2.92. The Labute approximate surface area is 145 Å². The SMILES string of the molecule is CCCCCCc1oc(CCCCCCCC(=O)OC)cc1Cl. The minimum Gasteiger partial charge on any atom is -0.469 e. The van der Waals surface area contributed by atoms with Crippen LogP contribution in [0.2, 0.25) is 5.02 Å².